The summed E-state index contributed by atoms with van der Waals surface area (Å²) in [6.45, 7) is 5.15. The molecular weight excluding hydrogens is 453 g/mol. The number of aromatic nitrogens is 1. The third-order valence-corrected chi connectivity index (χ3v) is 6.20. The molecule has 1 aromatic heterocycles. The second-order valence-electron chi connectivity index (χ2n) is 9.47. The number of H-pyrrole nitrogens is 1. The lowest BCUT2D eigenvalue weighted by Crippen LogP contribution is -2.44. The maximum Gasteiger partial charge on any atom is 0.257 e. The summed E-state index contributed by atoms with van der Waals surface area (Å²) in [5.74, 6) is -1.08. The molecule has 0 spiro atoms. The van der Waals surface area contributed by atoms with Crippen LogP contribution in [0.4, 0.5) is 4.39 Å². The summed E-state index contributed by atoms with van der Waals surface area (Å²) in [6, 6.07) is 23.8. The maximum atomic E-state index is 14.4. The summed E-state index contributed by atoms with van der Waals surface area (Å²) >= 11 is 0. The van der Waals surface area contributed by atoms with Crippen molar-refractivity contribution in [2.75, 3.05) is 19.6 Å². The fraction of sp³-hybridized carbons (Fsp3) is 0.267. The van der Waals surface area contributed by atoms with Crippen LogP contribution in [0.15, 0.2) is 85.1 Å². The molecule has 0 unspecified atom stereocenters. The molecule has 4 aromatic rings. The Morgan fingerprint density at radius 2 is 1.58 bits per heavy atom. The van der Waals surface area contributed by atoms with Gasteiger partial charge in [-0.15, -0.1) is 0 Å². The Hall–Kier alpha value is -3.93. The highest BCUT2D eigenvalue weighted by molar-refractivity contribution is 5.96. The summed E-state index contributed by atoms with van der Waals surface area (Å²) in [4.78, 5) is 33.4. The first-order valence-electron chi connectivity index (χ1n) is 12.3. The van der Waals surface area contributed by atoms with Gasteiger partial charge in [0.1, 0.15) is 12.4 Å². The van der Waals surface area contributed by atoms with Gasteiger partial charge in [0.05, 0.1) is 5.56 Å². The van der Waals surface area contributed by atoms with E-state index in [0.717, 1.165) is 22.0 Å². The van der Waals surface area contributed by atoms with Crippen molar-refractivity contribution in [1.29, 1.82) is 0 Å². The van der Waals surface area contributed by atoms with Crippen molar-refractivity contribution in [2.24, 2.45) is 5.92 Å². The van der Waals surface area contributed by atoms with Crippen LogP contribution in [0.1, 0.15) is 35.3 Å². The van der Waals surface area contributed by atoms with Crippen LogP contribution in [0.2, 0.25) is 0 Å². The van der Waals surface area contributed by atoms with E-state index >= 15 is 0 Å². The number of nitrogens with one attached hydrogen (secondary N) is 1. The molecule has 1 heterocycles. The van der Waals surface area contributed by atoms with E-state index in [1.165, 1.54) is 17.0 Å². The molecular formula is C30H32FN3O2. The first-order chi connectivity index (χ1) is 17.4. The van der Waals surface area contributed by atoms with Gasteiger partial charge >= 0.3 is 0 Å². The lowest BCUT2D eigenvalue weighted by atomic mass is 10.1. The molecule has 0 radical (unpaired) electrons. The minimum absolute atomic E-state index is 0.0145. The second kappa shape index (κ2) is 11.7. The molecule has 36 heavy (non-hydrogen) atoms. The molecule has 5 nitrogen and oxygen atoms in total. The van der Waals surface area contributed by atoms with Crippen molar-refractivity contribution in [3.8, 4) is 0 Å². The number of halogens is 1. The topological polar surface area (TPSA) is 56.4 Å². The van der Waals surface area contributed by atoms with E-state index < -0.39 is 11.7 Å². The van der Waals surface area contributed by atoms with Crippen molar-refractivity contribution in [3.63, 3.8) is 0 Å². The number of carbonyl (C=O) groups excluding carboxylic acids is 2. The molecule has 0 saturated heterocycles. The number of benzene rings is 3. The number of para-hydroxylation sites is 1. The predicted octanol–water partition coefficient (Wildman–Crippen LogP) is 5.68. The Balaban J connectivity index is 1.55. The first-order valence-corrected chi connectivity index (χ1v) is 12.3. The third kappa shape index (κ3) is 6.19. The van der Waals surface area contributed by atoms with Crippen molar-refractivity contribution in [1.82, 2.24) is 14.8 Å². The van der Waals surface area contributed by atoms with Crippen LogP contribution in [-0.2, 0) is 17.8 Å². The highest BCUT2D eigenvalue weighted by Crippen LogP contribution is 2.19. The van der Waals surface area contributed by atoms with Crippen molar-refractivity contribution in [2.45, 2.75) is 26.8 Å². The van der Waals surface area contributed by atoms with Crippen LogP contribution in [-0.4, -0.2) is 46.2 Å². The average molecular weight is 486 g/mol. The number of fused-ring (bicyclic) bond motifs is 1. The average Bonchev–Trinajstić information content (AvgIpc) is 3.29. The summed E-state index contributed by atoms with van der Waals surface area (Å²) in [5.41, 5.74) is 3.20. The van der Waals surface area contributed by atoms with Crippen molar-refractivity contribution < 1.29 is 14.0 Å². The van der Waals surface area contributed by atoms with Gasteiger partial charge in [0.15, 0.2) is 0 Å². The highest BCUT2D eigenvalue weighted by atomic mass is 19.1. The van der Waals surface area contributed by atoms with Gasteiger partial charge in [0.25, 0.3) is 5.91 Å². The normalized spacial score (nSPS) is 11.1. The molecule has 0 aliphatic carbocycles. The molecule has 4 rings (SSSR count). The third-order valence-electron chi connectivity index (χ3n) is 6.20. The zero-order valence-electron chi connectivity index (χ0n) is 20.8. The number of carbonyl (C=O) groups is 2. The van der Waals surface area contributed by atoms with Crippen LogP contribution in [0.25, 0.3) is 10.9 Å². The van der Waals surface area contributed by atoms with Crippen LogP contribution in [0.3, 0.4) is 0 Å². The number of hydrogen-bond acceptors (Lipinski definition) is 2. The van der Waals surface area contributed by atoms with Crippen LogP contribution < -0.4 is 0 Å². The van der Waals surface area contributed by atoms with E-state index in [1.807, 2.05) is 68.6 Å². The van der Waals surface area contributed by atoms with E-state index in [4.69, 9.17) is 0 Å². The number of aromatic amines is 1. The fourth-order valence-corrected chi connectivity index (χ4v) is 4.42. The Kier molecular flexibility index (Phi) is 8.16. The molecule has 186 valence electrons. The summed E-state index contributed by atoms with van der Waals surface area (Å²) in [6.07, 6.45) is 2.66. The quantitative estimate of drug-likeness (QED) is 0.314. The minimum Gasteiger partial charge on any atom is -0.361 e. The number of hydrogen-bond donors (Lipinski definition) is 1. The molecule has 1 N–H and O–H groups in total. The Morgan fingerprint density at radius 1 is 0.889 bits per heavy atom. The number of rotatable bonds is 10. The van der Waals surface area contributed by atoms with E-state index in [2.05, 4.69) is 11.1 Å². The van der Waals surface area contributed by atoms with Gasteiger partial charge < -0.3 is 14.8 Å². The van der Waals surface area contributed by atoms with Gasteiger partial charge in [0, 0.05) is 36.7 Å². The van der Waals surface area contributed by atoms with Crippen LogP contribution in [0, 0.1) is 11.7 Å². The van der Waals surface area contributed by atoms with E-state index in [9.17, 15) is 14.0 Å². The van der Waals surface area contributed by atoms with E-state index in [1.54, 1.807) is 17.0 Å². The number of amides is 2. The molecule has 0 atom stereocenters. The lowest BCUT2D eigenvalue weighted by Gasteiger charge is -2.29. The van der Waals surface area contributed by atoms with Gasteiger partial charge in [-0.05, 0) is 41.7 Å². The number of nitrogens with zero attached hydrogens (tertiary/aromatic N) is 2. The summed E-state index contributed by atoms with van der Waals surface area (Å²) < 4.78 is 14.4. The molecule has 3 aromatic carbocycles. The molecule has 0 aliphatic rings. The molecule has 2 amide bonds. The van der Waals surface area contributed by atoms with E-state index in [0.29, 0.717) is 26.1 Å². The molecule has 6 heteroatoms. The zero-order chi connectivity index (χ0) is 25.5. The predicted molar refractivity (Wildman–Crippen MR) is 141 cm³/mol. The highest BCUT2D eigenvalue weighted by Gasteiger charge is 2.25. The Morgan fingerprint density at radius 3 is 2.33 bits per heavy atom. The van der Waals surface area contributed by atoms with Crippen molar-refractivity contribution in [3.05, 3.63) is 108 Å². The molecule has 0 fully saturated rings. The lowest BCUT2D eigenvalue weighted by molar-refractivity contribution is -0.132. The largest absolute Gasteiger partial charge is 0.361 e. The van der Waals surface area contributed by atoms with Crippen molar-refractivity contribution >= 4 is 22.7 Å². The van der Waals surface area contributed by atoms with E-state index in [-0.39, 0.29) is 23.9 Å². The summed E-state index contributed by atoms with van der Waals surface area (Å²) in [5, 5.41) is 1.14. The molecule has 0 aliphatic heterocycles. The Bertz CT molecular complexity index is 1320. The van der Waals surface area contributed by atoms with Gasteiger partial charge in [-0.3, -0.25) is 9.59 Å². The SMILES string of the molecule is CC(C)CN(CC(=O)N(CCc1c[nH]c2ccccc12)Cc1ccccc1)C(=O)c1ccccc1F. The zero-order valence-corrected chi connectivity index (χ0v) is 20.8. The second-order valence-corrected chi connectivity index (χ2v) is 9.47. The van der Waals surface area contributed by atoms with Gasteiger partial charge in [-0.1, -0.05) is 74.5 Å². The first kappa shape index (κ1) is 25.2. The van der Waals surface area contributed by atoms with Gasteiger partial charge in [-0.2, -0.15) is 0 Å². The fourth-order valence-electron chi connectivity index (χ4n) is 4.42. The maximum absolute atomic E-state index is 14.4. The van der Waals surface area contributed by atoms with Gasteiger partial charge in [0.2, 0.25) is 5.91 Å². The summed E-state index contributed by atoms with van der Waals surface area (Å²) in [7, 11) is 0. The van der Waals surface area contributed by atoms with Crippen LogP contribution in [0.5, 0.6) is 0 Å². The van der Waals surface area contributed by atoms with Gasteiger partial charge in [-0.25, -0.2) is 4.39 Å². The smallest absolute Gasteiger partial charge is 0.257 e. The Labute approximate surface area is 211 Å². The monoisotopic (exact) mass is 485 g/mol. The minimum atomic E-state index is -0.579. The molecule has 0 saturated carbocycles. The van der Waals surface area contributed by atoms with Crippen LogP contribution >= 0.6 is 0 Å². The molecule has 0 bridgehead atoms. The standard InChI is InChI=1S/C30H32FN3O2/c1-22(2)19-34(30(36)26-13-6-8-14-27(26)31)21-29(35)33(20-23-10-4-3-5-11-23)17-16-24-18-32-28-15-9-7-12-25(24)28/h3-15,18,22,32H,16-17,19-21H2,1-2H3.